The van der Waals surface area contributed by atoms with Gasteiger partial charge in [-0.1, -0.05) is 26.2 Å². The molecule has 2 N–H and O–H groups in total. The van der Waals surface area contributed by atoms with E-state index in [2.05, 4.69) is 12.2 Å². The zero-order chi connectivity index (χ0) is 16.5. The molecule has 0 aromatic heterocycles. The van der Waals surface area contributed by atoms with Crippen molar-refractivity contribution in [2.24, 2.45) is 5.41 Å². The van der Waals surface area contributed by atoms with Gasteiger partial charge in [-0.2, -0.15) is 0 Å². The van der Waals surface area contributed by atoms with Crippen molar-refractivity contribution in [2.45, 2.75) is 70.8 Å². The molecule has 0 atom stereocenters. The summed E-state index contributed by atoms with van der Waals surface area (Å²) in [7, 11) is 0. The van der Waals surface area contributed by atoms with Crippen LogP contribution >= 0.6 is 0 Å². The number of nitrogens with one attached hydrogen (secondary N) is 1. The van der Waals surface area contributed by atoms with E-state index in [1.54, 1.807) is 0 Å². The molecule has 2 amide bonds. The summed E-state index contributed by atoms with van der Waals surface area (Å²) >= 11 is 0. The maximum absolute atomic E-state index is 12.2. The molecule has 0 spiro atoms. The van der Waals surface area contributed by atoms with Crippen LogP contribution < -0.4 is 5.32 Å². The third kappa shape index (κ3) is 5.64. The Morgan fingerprint density at radius 3 is 2.57 bits per heavy atom. The number of likely N-dealkylation sites (tertiary alicyclic amines) is 1. The van der Waals surface area contributed by atoms with E-state index in [1.165, 1.54) is 32.1 Å². The van der Waals surface area contributed by atoms with E-state index in [9.17, 15) is 9.90 Å². The number of aliphatic hydroxyl groups is 1. The molecule has 5 nitrogen and oxygen atoms in total. The Morgan fingerprint density at radius 2 is 1.96 bits per heavy atom. The molecule has 0 radical (unpaired) electrons. The van der Waals surface area contributed by atoms with Crippen molar-refractivity contribution in [3.8, 4) is 0 Å². The second-order valence-corrected chi connectivity index (χ2v) is 7.22. The molecule has 1 aliphatic carbocycles. The predicted octanol–water partition coefficient (Wildman–Crippen LogP) is 2.92. The Morgan fingerprint density at radius 1 is 1.26 bits per heavy atom. The third-order valence-electron chi connectivity index (χ3n) is 5.70. The van der Waals surface area contributed by atoms with Crippen LogP contribution in [0, 0.1) is 5.41 Å². The Kier molecular flexibility index (Phi) is 7.63. The normalized spacial score (nSPS) is 22.1. The smallest absolute Gasteiger partial charge is 0.317 e. The summed E-state index contributed by atoms with van der Waals surface area (Å²) in [5, 5.41) is 12.5. The van der Waals surface area contributed by atoms with E-state index < -0.39 is 0 Å². The maximum Gasteiger partial charge on any atom is 0.317 e. The lowest BCUT2D eigenvalue weighted by Gasteiger charge is -2.40. The number of carbonyl (C=O) groups is 1. The van der Waals surface area contributed by atoms with Crippen molar-refractivity contribution in [2.75, 3.05) is 32.8 Å². The first kappa shape index (κ1) is 18.5. The van der Waals surface area contributed by atoms with E-state index >= 15 is 0 Å². The van der Waals surface area contributed by atoms with Crippen molar-refractivity contribution < 1.29 is 14.6 Å². The molecule has 134 valence electrons. The zero-order valence-electron chi connectivity index (χ0n) is 14.7. The average molecular weight is 326 g/mol. The third-order valence-corrected chi connectivity index (χ3v) is 5.70. The molecule has 2 fully saturated rings. The molecule has 2 rings (SSSR count). The van der Waals surface area contributed by atoms with Gasteiger partial charge >= 0.3 is 6.03 Å². The number of rotatable bonds is 7. The average Bonchev–Trinajstić information content (AvgIpc) is 2.62. The minimum atomic E-state index is 0.0324. The largest absolute Gasteiger partial charge is 0.396 e. The topological polar surface area (TPSA) is 61.8 Å². The first-order valence-electron chi connectivity index (χ1n) is 9.44. The van der Waals surface area contributed by atoms with Crippen LogP contribution in [0.3, 0.4) is 0 Å². The molecule has 0 unspecified atom stereocenters. The van der Waals surface area contributed by atoms with Gasteiger partial charge in [0, 0.05) is 32.8 Å². The van der Waals surface area contributed by atoms with Crippen LogP contribution in [0.1, 0.15) is 64.7 Å². The standard InChI is InChI=1S/C18H34N2O3/c1-2-18(15-21)9-12-20(13-10-18)17(22)19-11-6-14-23-16-7-4-3-5-8-16/h16,21H,2-15H2,1H3,(H,19,22). The fraction of sp³-hybridized carbons (Fsp3) is 0.944. The summed E-state index contributed by atoms with van der Waals surface area (Å²) in [6.45, 7) is 5.28. The van der Waals surface area contributed by atoms with Crippen LogP contribution in [0.5, 0.6) is 0 Å². The Labute approximate surface area is 140 Å². The van der Waals surface area contributed by atoms with Gasteiger partial charge < -0.3 is 20.1 Å². The molecule has 1 heterocycles. The highest BCUT2D eigenvalue weighted by molar-refractivity contribution is 5.74. The molecule has 5 heteroatoms. The first-order valence-corrected chi connectivity index (χ1v) is 9.44. The molecule has 1 saturated carbocycles. The number of urea groups is 1. The van der Waals surface area contributed by atoms with Gasteiger partial charge in [0.1, 0.15) is 0 Å². The SMILES string of the molecule is CCC1(CO)CCN(C(=O)NCCCOC2CCCCC2)CC1. The van der Waals surface area contributed by atoms with Crippen molar-refractivity contribution in [1.29, 1.82) is 0 Å². The highest BCUT2D eigenvalue weighted by Gasteiger charge is 2.33. The van der Waals surface area contributed by atoms with Crippen LogP contribution in [0.2, 0.25) is 0 Å². The van der Waals surface area contributed by atoms with E-state index in [-0.39, 0.29) is 18.1 Å². The van der Waals surface area contributed by atoms with Gasteiger partial charge in [-0.25, -0.2) is 4.79 Å². The number of carbonyl (C=O) groups excluding carboxylic acids is 1. The van der Waals surface area contributed by atoms with Crippen LogP contribution in [0.15, 0.2) is 0 Å². The van der Waals surface area contributed by atoms with Gasteiger partial charge in [0.15, 0.2) is 0 Å². The number of piperidine rings is 1. The lowest BCUT2D eigenvalue weighted by molar-refractivity contribution is 0.0271. The number of hydrogen-bond donors (Lipinski definition) is 2. The molecular weight excluding hydrogens is 292 g/mol. The number of ether oxygens (including phenoxy) is 1. The molecule has 0 bridgehead atoms. The van der Waals surface area contributed by atoms with Crippen LogP contribution in [0.25, 0.3) is 0 Å². The molecule has 1 aliphatic heterocycles. The number of nitrogens with zero attached hydrogens (tertiary/aromatic N) is 1. The molecule has 0 aromatic carbocycles. The lowest BCUT2D eigenvalue weighted by Crippen LogP contribution is -2.48. The van der Waals surface area contributed by atoms with Gasteiger partial charge in [0.2, 0.25) is 0 Å². The molecule has 0 aromatic rings. The fourth-order valence-electron chi connectivity index (χ4n) is 3.67. The van der Waals surface area contributed by atoms with Gasteiger partial charge in [0.05, 0.1) is 6.10 Å². The molecule has 2 aliphatic rings. The molecule has 1 saturated heterocycles. The Balaban J connectivity index is 1.55. The van der Waals surface area contributed by atoms with Gasteiger partial charge in [-0.15, -0.1) is 0 Å². The first-order chi connectivity index (χ1) is 11.2. The number of amides is 2. The summed E-state index contributed by atoms with van der Waals surface area (Å²) in [4.78, 5) is 14.0. The van der Waals surface area contributed by atoms with Gasteiger partial charge in [-0.05, 0) is 43.9 Å². The van der Waals surface area contributed by atoms with Crippen LogP contribution in [-0.4, -0.2) is 55.0 Å². The van der Waals surface area contributed by atoms with Crippen molar-refractivity contribution in [3.63, 3.8) is 0 Å². The lowest BCUT2D eigenvalue weighted by atomic mass is 9.77. The fourth-order valence-corrected chi connectivity index (χ4v) is 3.67. The minimum absolute atomic E-state index is 0.0324. The summed E-state index contributed by atoms with van der Waals surface area (Å²) in [5.74, 6) is 0. The Bertz CT molecular complexity index is 342. The number of aliphatic hydroxyl groups excluding tert-OH is 1. The summed E-state index contributed by atoms with van der Waals surface area (Å²) in [6, 6.07) is 0.0327. The van der Waals surface area contributed by atoms with E-state index in [4.69, 9.17) is 4.74 Å². The molecular formula is C18H34N2O3. The summed E-state index contributed by atoms with van der Waals surface area (Å²) < 4.78 is 5.87. The predicted molar refractivity (Wildman–Crippen MR) is 91.5 cm³/mol. The maximum atomic E-state index is 12.2. The summed E-state index contributed by atoms with van der Waals surface area (Å²) in [5.41, 5.74) is 0.0324. The highest BCUT2D eigenvalue weighted by atomic mass is 16.5. The Hall–Kier alpha value is -0.810. The van der Waals surface area contributed by atoms with E-state index in [1.807, 2.05) is 4.90 Å². The monoisotopic (exact) mass is 326 g/mol. The second kappa shape index (κ2) is 9.48. The van der Waals surface area contributed by atoms with Crippen molar-refractivity contribution in [1.82, 2.24) is 10.2 Å². The van der Waals surface area contributed by atoms with E-state index in [0.29, 0.717) is 12.6 Å². The molecule has 23 heavy (non-hydrogen) atoms. The zero-order valence-corrected chi connectivity index (χ0v) is 14.7. The van der Waals surface area contributed by atoms with Crippen molar-refractivity contribution >= 4 is 6.03 Å². The number of hydrogen-bond acceptors (Lipinski definition) is 3. The van der Waals surface area contributed by atoms with Gasteiger partial charge in [0.25, 0.3) is 0 Å². The quantitative estimate of drug-likeness (QED) is 0.707. The van der Waals surface area contributed by atoms with Gasteiger partial charge in [-0.3, -0.25) is 0 Å². The van der Waals surface area contributed by atoms with Crippen molar-refractivity contribution in [3.05, 3.63) is 0 Å². The summed E-state index contributed by atoms with van der Waals surface area (Å²) in [6.07, 6.45) is 10.4. The minimum Gasteiger partial charge on any atom is -0.396 e. The van der Waals surface area contributed by atoms with E-state index in [0.717, 1.165) is 45.4 Å². The van der Waals surface area contributed by atoms with Crippen LogP contribution in [-0.2, 0) is 4.74 Å². The van der Waals surface area contributed by atoms with Crippen LogP contribution in [0.4, 0.5) is 4.79 Å². The second-order valence-electron chi connectivity index (χ2n) is 7.22. The highest BCUT2D eigenvalue weighted by Crippen LogP contribution is 2.34.